The third-order valence-corrected chi connectivity index (χ3v) is 3.91. The van der Waals surface area contributed by atoms with Gasteiger partial charge >= 0.3 is 0 Å². The van der Waals surface area contributed by atoms with Crippen molar-refractivity contribution in [1.82, 2.24) is 15.5 Å². The summed E-state index contributed by atoms with van der Waals surface area (Å²) in [5.41, 5.74) is 0.681. The predicted molar refractivity (Wildman–Crippen MR) is 86.4 cm³/mol. The van der Waals surface area contributed by atoms with E-state index in [1.807, 2.05) is 12.1 Å². The highest BCUT2D eigenvalue weighted by Crippen LogP contribution is 2.24. The van der Waals surface area contributed by atoms with E-state index in [2.05, 4.69) is 15.5 Å². The van der Waals surface area contributed by atoms with Gasteiger partial charge in [0.1, 0.15) is 6.61 Å². The summed E-state index contributed by atoms with van der Waals surface area (Å²) >= 11 is 6.09. The minimum atomic E-state index is -0.245. The molecule has 1 N–H and O–H groups in total. The summed E-state index contributed by atoms with van der Waals surface area (Å²) in [5.74, 6) is 0.447. The molecule has 1 aromatic heterocycles. The van der Waals surface area contributed by atoms with Gasteiger partial charge in [0, 0.05) is 12.2 Å². The Morgan fingerprint density at radius 3 is 3.08 bits per heavy atom. The number of nitrogens with zero attached hydrogens (tertiary/aromatic N) is 2. The minimum Gasteiger partial charge on any atom is -0.376 e. The molecule has 2 aromatic rings. The second-order valence-electron chi connectivity index (χ2n) is 5.42. The topological polar surface area (TPSA) is 86.5 Å². The quantitative estimate of drug-likeness (QED) is 0.823. The third-order valence-electron chi connectivity index (χ3n) is 3.58. The van der Waals surface area contributed by atoms with E-state index >= 15 is 0 Å². The van der Waals surface area contributed by atoms with Crippen LogP contribution in [0.5, 0.6) is 0 Å². The van der Waals surface area contributed by atoms with E-state index in [4.69, 9.17) is 25.6 Å². The van der Waals surface area contributed by atoms with Crippen LogP contribution >= 0.6 is 11.6 Å². The molecule has 7 nitrogen and oxygen atoms in total. The number of nitrogens with one attached hydrogen (secondary N) is 1. The van der Waals surface area contributed by atoms with Gasteiger partial charge in [-0.2, -0.15) is 4.98 Å². The van der Waals surface area contributed by atoms with Crippen molar-refractivity contribution in [3.63, 3.8) is 0 Å². The fraction of sp³-hybridized carbons (Fsp3) is 0.438. The third kappa shape index (κ3) is 4.53. The Bertz CT molecular complexity index is 685. The first-order valence-corrected chi connectivity index (χ1v) is 8.13. The lowest BCUT2D eigenvalue weighted by molar-refractivity contribution is -0.127. The molecule has 128 valence electrons. The van der Waals surface area contributed by atoms with Gasteiger partial charge in [-0.25, -0.2) is 0 Å². The number of benzene rings is 1. The number of amides is 1. The van der Waals surface area contributed by atoms with Crippen molar-refractivity contribution in [2.45, 2.75) is 25.5 Å². The molecule has 0 unspecified atom stereocenters. The van der Waals surface area contributed by atoms with Gasteiger partial charge in [-0.05, 0) is 25.0 Å². The molecule has 1 aliphatic heterocycles. The molecule has 3 rings (SSSR count). The zero-order chi connectivity index (χ0) is 16.8. The molecule has 1 aliphatic rings. The Labute approximate surface area is 144 Å². The van der Waals surface area contributed by atoms with Crippen molar-refractivity contribution in [2.75, 3.05) is 19.8 Å². The molecule has 1 fully saturated rings. The van der Waals surface area contributed by atoms with E-state index in [-0.39, 0.29) is 25.2 Å². The van der Waals surface area contributed by atoms with Gasteiger partial charge in [-0.15, -0.1) is 0 Å². The van der Waals surface area contributed by atoms with E-state index in [0.717, 1.165) is 19.4 Å². The molecule has 0 spiro atoms. The van der Waals surface area contributed by atoms with E-state index in [0.29, 0.717) is 28.9 Å². The van der Waals surface area contributed by atoms with E-state index < -0.39 is 0 Å². The van der Waals surface area contributed by atoms with Crippen LogP contribution in [-0.2, 0) is 20.8 Å². The van der Waals surface area contributed by atoms with Gasteiger partial charge in [-0.3, -0.25) is 4.79 Å². The van der Waals surface area contributed by atoms with Crippen LogP contribution < -0.4 is 5.32 Å². The normalized spacial score (nSPS) is 17.1. The van der Waals surface area contributed by atoms with Crippen LogP contribution in [-0.4, -0.2) is 42.0 Å². The van der Waals surface area contributed by atoms with Crippen LogP contribution in [0.1, 0.15) is 18.7 Å². The van der Waals surface area contributed by atoms with Gasteiger partial charge in [-0.1, -0.05) is 28.9 Å². The number of hydrogen-bond acceptors (Lipinski definition) is 6. The van der Waals surface area contributed by atoms with E-state index in [9.17, 15) is 4.79 Å². The van der Waals surface area contributed by atoms with Crippen molar-refractivity contribution < 1.29 is 18.8 Å². The molecule has 1 atom stereocenters. The monoisotopic (exact) mass is 351 g/mol. The van der Waals surface area contributed by atoms with Crippen molar-refractivity contribution >= 4 is 17.5 Å². The highest BCUT2D eigenvalue weighted by Gasteiger charge is 2.16. The first-order valence-electron chi connectivity index (χ1n) is 7.76. The highest BCUT2D eigenvalue weighted by atomic mass is 35.5. The molecule has 0 radical (unpaired) electrons. The van der Waals surface area contributed by atoms with Gasteiger partial charge in [0.2, 0.25) is 17.6 Å². The number of carbonyl (C=O) groups is 1. The molecule has 1 aromatic carbocycles. The van der Waals surface area contributed by atoms with Gasteiger partial charge < -0.3 is 19.3 Å². The summed E-state index contributed by atoms with van der Waals surface area (Å²) in [6.07, 6.45) is 2.13. The van der Waals surface area contributed by atoms with Crippen LogP contribution in [0.25, 0.3) is 11.4 Å². The zero-order valence-corrected chi connectivity index (χ0v) is 13.8. The standard InChI is InChI=1S/C16H18ClN3O4/c17-13-6-2-1-5-12(13)16-19-15(24-20-16)8-18-14(21)10-22-9-11-4-3-7-23-11/h1-2,5-6,11H,3-4,7-10H2,(H,18,21)/t11-/m0/s1. The molecule has 8 heteroatoms. The molecular formula is C16H18ClN3O4. The van der Waals surface area contributed by atoms with Crippen LogP contribution in [0, 0.1) is 0 Å². The first kappa shape index (κ1) is 16.9. The Morgan fingerprint density at radius 1 is 1.42 bits per heavy atom. The maximum Gasteiger partial charge on any atom is 0.246 e. The Hall–Kier alpha value is -1.96. The summed E-state index contributed by atoms with van der Waals surface area (Å²) in [6.45, 7) is 1.32. The fourth-order valence-electron chi connectivity index (χ4n) is 2.36. The van der Waals surface area contributed by atoms with Crippen molar-refractivity contribution in [3.05, 3.63) is 35.2 Å². The summed E-state index contributed by atoms with van der Waals surface area (Å²) in [7, 11) is 0. The van der Waals surface area contributed by atoms with Crippen molar-refractivity contribution in [2.24, 2.45) is 0 Å². The second kappa shape index (κ2) is 8.23. The molecular weight excluding hydrogens is 334 g/mol. The lowest BCUT2D eigenvalue weighted by Gasteiger charge is -2.09. The summed E-state index contributed by atoms with van der Waals surface area (Å²) < 4.78 is 15.9. The SMILES string of the molecule is O=C(COC[C@@H]1CCCO1)NCc1nc(-c2ccccc2Cl)no1. The maximum atomic E-state index is 11.7. The number of carbonyl (C=O) groups excluding carboxylic acids is 1. The zero-order valence-electron chi connectivity index (χ0n) is 13.0. The number of hydrogen-bond donors (Lipinski definition) is 1. The molecule has 2 heterocycles. The maximum absolute atomic E-state index is 11.7. The van der Waals surface area contributed by atoms with Gasteiger partial charge in [0.05, 0.1) is 24.3 Å². The number of aromatic nitrogens is 2. The average molecular weight is 352 g/mol. The van der Waals surface area contributed by atoms with Crippen molar-refractivity contribution in [1.29, 1.82) is 0 Å². The lowest BCUT2D eigenvalue weighted by atomic mass is 10.2. The first-order chi connectivity index (χ1) is 11.7. The molecule has 24 heavy (non-hydrogen) atoms. The second-order valence-corrected chi connectivity index (χ2v) is 5.83. The minimum absolute atomic E-state index is 0.0225. The highest BCUT2D eigenvalue weighted by molar-refractivity contribution is 6.33. The Morgan fingerprint density at radius 2 is 2.29 bits per heavy atom. The average Bonchev–Trinajstić information content (AvgIpc) is 3.25. The lowest BCUT2D eigenvalue weighted by Crippen LogP contribution is -2.28. The van der Waals surface area contributed by atoms with E-state index in [1.165, 1.54) is 0 Å². The van der Waals surface area contributed by atoms with E-state index in [1.54, 1.807) is 12.1 Å². The Kier molecular flexibility index (Phi) is 5.79. The summed E-state index contributed by atoms with van der Waals surface area (Å²) in [4.78, 5) is 16.0. The van der Waals surface area contributed by atoms with Crippen LogP contribution in [0.3, 0.4) is 0 Å². The molecule has 0 aliphatic carbocycles. The smallest absolute Gasteiger partial charge is 0.246 e. The summed E-state index contributed by atoms with van der Waals surface area (Å²) in [6, 6.07) is 7.21. The molecule has 1 saturated heterocycles. The van der Waals surface area contributed by atoms with Crippen LogP contribution in [0.2, 0.25) is 5.02 Å². The predicted octanol–water partition coefficient (Wildman–Crippen LogP) is 2.20. The largest absolute Gasteiger partial charge is 0.376 e. The van der Waals surface area contributed by atoms with Gasteiger partial charge in [0.15, 0.2) is 0 Å². The van der Waals surface area contributed by atoms with Crippen LogP contribution in [0.15, 0.2) is 28.8 Å². The number of ether oxygens (including phenoxy) is 2. The molecule has 0 saturated carbocycles. The van der Waals surface area contributed by atoms with Crippen molar-refractivity contribution in [3.8, 4) is 11.4 Å². The Balaban J connectivity index is 1.43. The fourth-order valence-corrected chi connectivity index (χ4v) is 2.58. The molecule has 0 bridgehead atoms. The van der Waals surface area contributed by atoms with Gasteiger partial charge in [0.25, 0.3) is 0 Å². The number of rotatable bonds is 7. The summed E-state index contributed by atoms with van der Waals surface area (Å²) in [5, 5.41) is 7.08. The number of halogens is 1. The van der Waals surface area contributed by atoms with Crippen LogP contribution in [0.4, 0.5) is 0 Å². The molecule has 1 amide bonds.